The Kier molecular flexibility index (Phi) is 4.49. The zero-order chi connectivity index (χ0) is 19.8. The quantitative estimate of drug-likeness (QED) is 0.395. The van der Waals surface area contributed by atoms with Crippen LogP contribution in [-0.4, -0.2) is 0 Å². The molecule has 0 atom stereocenters. The first-order valence-electron chi connectivity index (χ1n) is 9.97. The molecule has 0 bridgehead atoms. The van der Waals surface area contributed by atoms with Crippen molar-refractivity contribution in [2.75, 3.05) is 0 Å². The van der Waals surface area contributed by atoms with Crippen LogP contribution in [0.3, 0.4) is 0 Å². The van der Waals surface area contributed by atoms with Crippen LogP contribution in [0.4, 0.5) is 0 Å². The van der Waals surface area contributed by atoms with Crippen molar-refractivity contribution in [2.24, 2.45) is 0 Å². The predicted octanol–water partition coefficient (Wildman–Crippen LogP) is 5.88. The first-order chi connectivity index (χ1) is 14.2. The van der Waals surface area contributed by atoms with Gasteiger partial charge in [-0.05, 0) is 24.6 Å². The first-order valence-corrected chi connectivity index (χ1v) is 11.3. The summed E-state index contributed by atoms with van der Waals surface area (Å²) in [6.45, 7) is 4.59. The average molecular weight is 394 g/mol. The topological polar surface area (TPSA) is 9.23 Å². The van der Waals surface area contributed by atoms with Crippen molar-refractivity contribution in [3.63, 3.8) is 0 Å². The summed E-state index contributed by atoms with van der Waals surface area (Å²) in [5.41, 5.74) is 2.40. The van der Waals surface area contributed by atoms with Crippen LogP contribution in [0.2, 0.25) is 0 Å². The summed E-state index contributed by atoms with van der Waals surface area (Å²) in [6, 6.07) is 36.7. The fourth-order valence-electron chi connectivity index (χ4n) is 4.21. The van der Waals surface area contributed by atoms with Gasteiger partial charge in [-0.2, -0.15) is 0 Å². The molecule has 0 saturated carbocycles. The minimum atomic E-state index is -0.716. The van der Waals surface area contributed by atoms with Crippen molar-refractivity contribution in [2.45, 2.75) is 19.3 Å². The summed E-state index contributed by atoms with van der Waals surface area (Å²) in [6.07, 6.45) is 0. The predicted molar refractivity (Wildman–Crippen MR) is 124 cm³/mol. The SMILES string of the molecule is CC1(C)c2ccccc2Oc2c(P(c3ccccc3)c3ccccc3)cccc21. The fraction of sp³-hybridized carbons (Fsp3) is 0.111. The second-order valence-corrected chi connectivity index (χ2v) is 10.1. The van der Waals surface area contributed by atoms with Gasteiger partial charge >= 0.3 is 0 Å². The molecule has 5 rings (SSSR count). The summed E-state index contributed by atoms with van der Waals surface area (Å²) < 4.78 is 6.58. The summed E-state index contributed by atoms with van der Waals surface area (Å²) in [7, 11) is -0.716. The maximum Gasteiger partial charge on any atom is 0.139 e. The van der Waals surface area contributed by atoms with Gasteiger partial charge in [0.15, 0.2) is 0 Å². The third-order valence-electron chi connectivity index (χ3n) is 5.71. The number of benzene rings is 4. The Morgan fingerprint density at radius 3 is 1.79 bits per heavy atom. The number of hydrogen-bond donors (Lipinski definition) is 0. The zero-order valence-electron chi connectivity index (χ0n) is 16.7. The highest BCUT2D eigenvalue weighted by atomic mass is 31.1. The van der Waals surface area contributed by atoms with E-state index in [-0.39, 0.29) is 5.41 Å². The van der Waals surface area contributed by atoms with Gasteiger partial charge in [-0.25, -0.2) is 0 Å². The highest BCUT2D eigenvalue weighted by molar-refractivity contribution is 7.80. The van der Waals surface area contributed by atoms with Crippen LogP contribution in [0.25, 0.3) is 0 Å². The maximum absolute atomic E-state index is 6.58. The zero-order valence-corrected chi connectivity index (χ0v) is 17.6. The number of fused-ring (bicyclic) bond motifs is 2. The van der Waals surface area contributed by atoms with Crippen molar-refractivity contribution in [1.29, 1.82) is 0 Å². The van der Waals surface area contributed by atoms with Gasteiger partial charge in [0.05, 0.1) is 0 Å². The Balaban J connectivity index is 1.75. The lowest BCUT2D eigenvalue weighted by molar-refractivity contribution is 0.421. The van der Waals surface area contributed by atoms with E-state index in [1.54, 1.807) is 0 Å². The molecule has 0 radical (unpaired) electrons. The normalized spacial score (nSPS) is 14.0. The number of ether oxygens (including phenoxy) is 1. The fourth-order valence-corrected chi connectivity index (χ4v) is 6.61. The lowest BCUT2D eigenvalue weighted by Gasteiger charge is -2.36. The molecule has 4 aromatic rings. The second kappa shape index (κ2) is 7.17. The molecule has 4 aromatic carbocycles. The lowest BCUT2D eigenvalue weighted by atomic mass is 9.76. The molecule has 0 saturated heterocycles. The van der Waals surface area contributed by atoms with Crippen LogP contribution in [0.5, 0.6) is 11.5 Å². The minimum Gasteiger partial charge on any atom is -0.456 e. The molecule has 1 aliphatic rings. The summed E-state index contributed by atoms with van der Waals surface area (Å²) in [4.78, 5) is 0. The summed E-state index contributed by atoms with van der Waals surface area (Å²) in [5, 5.41) is 3.95. The van der Waals surface area contributed by atoms with E-state index >= 15 is 0 Å². The molecule has 0 spiro atoms. The number of hydrogen-bond acceptors (Lipinski definition) is 1. The van der Waals surface area contributed by atoms with Crippen molar-refractivity contribution < 1.29 is 4.74 Å². The van der Waals surface area contributed by atoms with E-state index in [4.69, 9.17) is 4.74 Å². The van der Waals surface area contributed by atoms with E-state index in [1.165, 1.54) is 27.0 Å². The van der Waals surface area contributed by atoms with Crippen LogP contribution >= 0.6 is 7.92 Å². The Morgan fingerprint density at radius 2 is 1.14 bits per heavy atom. The second-order valence-electron chi connectivity index (χ2n) is 7.88. The van der Waals surface area contributed by atoms with Crippen LogP contribution in [-0.2, 0) is 5.41 Å². The molecule has 142 valence electrons. The Morgan fingerprint density at radius 1 is 0.586 bits per heavy atom. The Bertz CT molecular complexity index is 1110. The van der Waals surface area contributed by atoms with Crippen molar-refractivity contribution in [3.05, 3.63) is 114 Å². The largest absolute Gasteiger partial charge is 0.456 e. The third-order valence-corrected chi connectivity index (χ3v) is 8.17. The van der Waals surface area contributed by atoms with Gasteiger partial charge in [0.25, 0.3) is 0 Å². The smallest absolute Gasteiger partial charge is 0.139 e. The molecule has 29 heavy (non-hydrogen) atoms. The maximum atomic E-state index is 6.58. The van der Waals surface area contributed by atoms with Crippen molar-refractivity contribution >= 4 is 23.8 Å². The van der Waals surface area contributed by atoms with E-state index in [0.717, 1.165) is 11.5 Å². The monoisotopic (exact) mass is 394 g/mol. The summed E-state index contributed by atoms with van der Waals surface area (Å²) >= 11 is 0. The molecule has 0 aromatic heterocycles. The third kappa shape index (κ3) is 3.07. The molecule has 2 heteroatoms. The number of rotatable bonds is 3. The van der Waals surface area contributed by atoms with Gasteiger partial charge in [0.1, 0.15) is 11.5 Å². The van der Waals surface area contributed by atoms with Crippen LogP contribution < -0.4 is 20.7 Å². The Hall–Kier alpha value is -2.89. The van der Waals surface area contributed by atoms with E-state index in [1.807, 2.05) is 0 Å². The Labute approximate surface area is 173 Å². The number of para-hydroxylation sites is 2. The molecule has 0 aliphatic carbocycles. The van der Waals surface area contributed by atoms with Crippen LogP contribution in [0, 0.1) is 0 Å². The molecular formula is C27H23OP. The first kappa shape index (κ1) is 18.2. The molecule has 0 unspecified atom stereocenters. The molecule has 0 N–H and O–H groups in total. The minimum absolute atomic E-state index is 0.103. The highest BCUT2D eigenvalue weighted by Crippen LogP contribution is 2.50. The van der Waals surface area contributed by atoms with Gasteiger partial charge < -0.3 is 4.74 Å². The van der Waals surface area contributed by atoms with Gasteiger partial charge in [-0.3, -0.25) is 0 Å². The van der Waals surface area contributed by atoms with Crippen molar-refractivity contribution in [1.82, 2.24) is 0 Å². The molecule has 0 amide bonds. The van der Waals surface area contributed by atoms with Gasteiger partial charge in [0.2, 0.25) is 0 Å². The van der Waals surface area contributed by atoms with Crippen LogP contribution in [0.15, 0.2) is 103 Å². The van der Waals surface area contributed by atoms with E-state index in [0.29, 0.717) is 0 Å². The van der Waals surface area contributed by atoms with Crippen LogP contribution in [0.1, 0.15) is 25.0 Å². The molecule has 1 heterocycles. The molecular weight excluding hydrogens is 371 g/mol. The van der Waals surface area contributed by atoms with E-state index in [2.05, 4.69) is 117 Å². The highest BCUT2D eigenvalue weighted by Gasteiger charge is 2.36. The molecule has 0 fully saturated rings. The van der Waals surface area contributed by atoms with Gasteiger partial charge in [-0.15, -0.1) is 0 Å². The summed E-state index contributed by atoms with van der Waals surface area (Å²) in [5.74, 6) is 1.99. The van der Waals surface area contributed by atoms with E-state index < -0.39 is 7.92 Å². The van der Waals surface area contributed by atoms with Gasteiger partial charge in [0, 0.05) is 21.8 Å². The van der Waals surface area contributed by atoms with E-state index in [9.17, 15) is 0 Å². The van der Waals surface area contributed by atoms with Crippen molar-refractivity contribution in [3.8, 4) is 11.5 Å². The average Bonchev–Trinajstić information content (AvgIpc) is 2.76. The molecule has 1 aliphatic heterocycles. The lowest BCUT2D eigenvalue weighted by Crippen LogP contribution is -2.29. The molecule has 1 nitrogen and oxygen atoms in total. The standard InChI is InChI=1S/C27H23OP/c1-27(2)22-16-9-10-18-24(22)28-26-23(27)17-11-19-25(26)29(20-12-5-3-6-13-20)21-14-7-4-8-15-21/h3-19H,1-2H3. The van der Waals surface area contributed by atoms with Gasteiger partial charge in [-0.1, -0.05) is 111 Å².